The molecule has 3 atom stereocenters. The van der Waals surface area contributed by atoms with Crippen LogP contribution in [0.15, 0.2) is 30.7 Å². The topological polar surface area (TPSA) is 68.6 Å². The van der Waals surface area contributed by atoms with Crippen LogP contribution in [0.5, 0.6) is 11.5 Å². The van der Waals surface area contributed by atoms with E-state index in [-0.39, 0.29) is 18.1 Å². The molecule has 2 saturated carbocycles. The summed E-state index contributed by atoms with van der Waals surface area (Å²) in [5.74, 6) is 2.88. The van der Waals surface area contributed by atoms with Crippen LogP contribution in [0, 0.1) is 11.8 Å². The quantitative estimate of drug-likeness (QED) is 0.718. The van der Waals surface area contributed by atoms with Crippen molar-refractivity contribution < 1.29 is 14.3 Å². The maximum atomic E-state index is 13.5. The van der Waals surface area contributed by atoms with E-state index in [1.54, 1.807) is 13.4 Å². The Hall–Kier alpha value is -2.54. The highest BCUT2D eigenvalue weighted by Crippen LogP contribution is 2.39. The Morgan fingerprint density at radius 2 is 1.94 bits per heavy atom. The highest BCUT2D eigenvalue weighted by Gasteiger charge is 2.41. The Labute approximate surface area is 190 Å². The van der Waals surface area contributed by atoms with E-state index >= 15 is 0 Å². The van der Waals surface area contributed by atoms with Crippen molar-refractivity contribution in [1.82, 2.24) is 19.8 Å². The van der Waals surface area contributed by atoms with Gasteiger partial charge in [-0.05, 0) is 81.1 Å². The molecule has 1 saturated heterocycles. The third-order valence-corrected chi connectivity index (χ3v) is 7.43. The number of amides is 1. The Morgan fingerprint density at radius 3 is 2.59 bits per heavy atom. The van der Waals surface area contributed by atoms with E-state index in [4.69, 9.17) is 9.47 Å². The number of hydrogen-bond donors (Lipinski definition) is 1. The molecule has 7 nitrogen and oxygen atoms in total. The average molecular weight is 439 g/mol. The molecule has 1 N–H and O–H groups in total. The van der Waals surface area contributed by atoms with Gasteiger partial charge in [-0.3, -0.25) is 4.79 Å². The highest BCUT2D eigenvalue weighted by atomic mass is 16.5. The highest BCUT2D eigenvalue weighted by molar-refractivity contribution is 5.92. The van der Waals surface area contributed by atoms with Crippen LogP contribution in [0.1, 0.15) is 54.6 Å². The number of benzene rings is 1. The minimum atomic E-state index is 0.0117. The lowest BCUT2D eigenvalue weighted by Crippen LogP contribution is -2.39. The molecule has 3 aliphatic rings. The molecule has 1 amide bonds. The van der Waals surface area contributed by atoms with Gasteiger partial charge in [-0.15, -0.1) is 0 Å². The summed E-state index contributed by atoms with van der Waals surface area (Å²) in [6, 6.07) is 6.32. The molecule has 1 unspecified atom stereocenters. The second-order valence-corrected chi connectivity index (χ2v) is 9.67. The number of aromatic nitrogens is 2. The minimum Gasteiger partial charge on any atom is -0.493 e. The zero-order valence-corrected chi connectivity index (χ0v) is 19.1. The predicted octanol–water partition coefficient (Wildman–Crippen LogP) is 3.39. The zero-order valence-electron chi connectivity index (χ0n) is 19.1. The van der Waals surface area contributed by atoms with E-state index in [0.29, 0.717) is 24.1 Å². The monoisotopic (exact) mass is 438 g/mol. The summed E-state index contributed by atoms with van der Waals surface area (Å²) in [4.78, 5) is 19.9. The van der Waals surface area contributed by atoms with Crippen molar-refractivity contribution in [3.8, 4) is 11.5 Å². The fourth-order valence-corrected chi connectivity index (χ4v) is 5.72. The molecule has 5 rings (SSSR count). The first-order valence-electron chi connectivity index (χ1n) is 11.9. The van der Waals surface area contributed by atoms with Gasteiger partial charge < -0.3 is 24.3 Å². The molecule has 2 heterocycles. The van der Waals surface area contributed by atoms with Crippen LogP contribution in [-0.4, -0.2) is 52.7 Å². The van der Waals surface area contributed by atoms with E-state index < -0.39 is 0 Å². The summed E-state index contributed by atoms with van der Waals surface area (Å²) in [5, 5.41) is 3.50. The van der Waals surface area contributed by atoms with Gasteiger partial charge in [0.05, 0.1) is 19.5 Å². The number of nitrogens with zero attached hydrogens (tertiary/aromatic N) is 3. The van der Waals surface area contributed by atoms with Crippen molar-refractivity contribution >= 4 is 5.91 Å². The third kappa shape index (κ3) is 4.35. The lowest BCUT2D eigenvalue weighted by atomic mass is 10.0. The summed E-state index contributed by atoms with van der Waals surface area (Å²) < 4.78 is 13.7. The lowest BCUT2D eigenvalue weighted by Gasteiger charge is -2.30. The molecule has 32 heavy (non-hydrogen) atoms. The zero-order chi connectivity index (χ0) is 22.1. The number of nitrogens with one attached hydrogen (secondary N) is 1. The van der Waals surface area contributed by atoms with Gasteiger partial charge in [0.2, 0.25) is 0 Å². The molecular formula is C25H34N4O3. The van der Waals surface area contributed by atoms with E-state index in [1.807, 2.05) is 28.8 Å². The summed E-state index contributed by atoms with van der Waals surface area (Å²) in [5.41, 5.74) is 1.58. The Kier molecular flexibility index (Phi) is 6.09. The molecule has 7 heteroatoms. The standard InChI is InChI=1S/C25H34N4O3/c1-28-15-22(27-16-28)25(30)29(20-10-18-12-26-13-19(18)11-20)14-17-7-8-23(31-2)24(9-17)32-21-5-3-4-6-21/h7-9,15-16,18-21,26H,3-6,10-14H2,1-2H3/t18-,19+,20?. The van der Waals surface area contributed by atoms with Crippen LogP contribution in [-0.2, 0) is 13.6 Å². The molecule has 2 aliphatic carbocycles. The van der Waals surface area contributed by atoms with E-state index in [9.17, 15) is 4.79 Å². The van der Waals surface area contributed by atoms with Crippen molar-refractivity contribution in [2.24, 2.45) is 18.9 Å². The Balaban J connectivity index is 1.39. The van der Waals surface area contributed by atoms with E-state index in [0.717, 1.165) is 55.8 Å². The number of ether oxygens (including phenoxy) is 2. The molecule has 1 aromatic carbocycles. The maximum Gasteiger partial charge on any atom is 0.274 e. The summed E-state index contributed by atoms with van der Waals surface area (Å²) in [6.45, 7) is 2.68. The molecular weight excluding hydrogens is 404 g/mol. The van der Waals surface area contributed by atoms with Gasteiger partial charge in [0, 0.05) is 25.8 Å². The SMILES string of the molecule is COc1ccc(CN(C(=O)c2cn(C)cn2)C2C[C@H]3CNC[C@H]3C2)cc1OC1CCCC1. The van der Waals surface area contributed by atoms with E-state index in [1.165, 1.54) is 12.8 Å². The van der Waals surface area contributed by atoms with Crippen molar-refractivity contribution in [3.05, 3.63) is 42.0 Å². The van der Waals surface area contributed by atoms with Gasteiger partial charge in [-0.25, -0.2) is 4.98 Å². The van der Waals surface area contributed by atoms with Crippen molar-refractivity contribution in [2.45, 2.75) is 57.2 Å². The van der Waals surface area contributed by atoms with Crippen molar-refractivity contribution in [1.29, 1.82) is 0 Å². The van der Waals surface area contributed by atoms with Gasteiger partial charge in [-0.1, -0.05) is 6.07 Å². The Bertz CT molecular complexity index is 940. The van der Waals surface area contributed by atoms with Gasteiger partial charge in [0.1, 0.15) is 5.69 Å². The Morgan fingerprint density at radius 1 is 1.19 bits per heavy atom. The molecule has 0 spiro atoms. The smallest absolute Gasteiger partial charge is 0.274 e. The number of methoxy groups -OCH3 is 1. The molecule has 1 aliphatic heterocycles. The number of carbonyl (C=O) groups is 1. The van der Waals surface area contributed by atoms with Crippen LogP contribution in [0.4, 0.5) is 0 Å². The van der Waals surface area contributed by atoms with Crippen LogP contribution in [0.25, 0.3) is 0 Å². The minimum absolute atomic E-state index is 0.0117. The summed E-state index contributed by atoms with van der Waals surface area (Å²) in [6.07, 6.45) is 10.5. The van der Waals surface area contributed by atoms with Crippen LogP contribution >= 0.6 is 0 Å². The molecule has 2 aromatic rings. The van der Waals surface area contributed by atoms with Crippen LogP contribution < -0.4 is 14.8 Å². The normalized spacial score (nSPS) is 25.1. The van der Waals surface area contributed by atoms with Gasteiger partial charge in [0.15, 0.2) is 11.5 Å². The first kappa shape index (κ1) is 21.3. The van der Waals surface area contributed by atoms with Gasteiger partial charge >= 0.3 is 0 Å². The number of fused-ring (bicyclic) bond motifs is 1. The predicted molar refractivity (Wildman–Crippen MR) is 122 cm³/mol. The fourth-order valence-electron chi connectivity index (χ4n) is 5.72. The first-order valence-corrected chi connectivity index (χ1v) is 11.9. The lowest BCUT2D eigenvalue weighted by molar-refractivity contribution is 0.0650. The number of carbonyl (C=O) groups excluding carboxylic acids is 1. The molecule has 0 radical (unpaired) electrons. The number of rotatable bonds is 7. The second kappa shape index (κ2) is 9.14. The second-order valence-electron chi connectivity index (χ2n) is 9.67. The first-order chi connectivity index (χ1) is 15.6. The number of imidazole rings is 1. The van der Waals surface area contributed by atoms with Crippen molar-refractivity contribution in [3.63, 3.8) is 0 Å². The van der Waals surface area contributed by atoms with Gasteiger partial charge in [0.25, 0.3) is 5.91 Å². The van der Waals surface area contributed by atoms with Gasteiger partial charge in [-0.2, -0.15) is 0 Å². The molecule has 1 aromatic heterocycles. The molecule has 3 fully saturated rings. The third-order valence-electron chi connectivity index (χ3n) is 7.43. The van der Waals surface area contributed by atoms with E-state index in [2.05, 4.69) is 22.4 Å². The number of aryl methyl sites for hydroxylation is 1. The average Bonchev–Trinajstić information content (AvgIpc) is 3.57. The summed E-state index contributed by atoms with van der Waals surface area (Å²) in [7, 11) is 3.58. The largest absolute Gasteiger partial charge is 0.493 e. The molecule has 0 bridgehead atoms. The van der Waals surface area contributed by atoms with Crippen molar-refractivity contribution in [2.75, 3.05) is 20.2 Å². The molecule has 172 valence electrons. The maximum absolute atomic E-state index is 13.5. The van der Waals surface area contributed by atoms with Crippen LogP contribution in [0.3, 0.4) is 0 Å². The fraction of sp³-hybridized carbons (Fsp3) is 0.600. The summed E-state index contributed by atoms with van der Waals surface area (Å²) >= 11 is 0. The van der Waals surface area contributed by atoms with Crippen LogP contribution in [0.2, 0.25) is 0 Å². The number of hydrogen-bond acceptors (Lipinski definition) is 5.